The van der Waals surface area contributed by atoms with E-state index in [1.165, 1.54) is 35.3 Å². The lowest BCUT2D eigenvalue weighted by Crippen LogP contribution is -2.06. The fraction of sp³-hybridized carbons (Fsp3) is 0.241. The van der Waals surface area contributed by atoms with Gasteiger partial charge in [0.15, 0.2) is 0 Å². The van der Waals surface area contributed by atoms with Crippen LogP contribution in [0.4, 0.5) is 0 Å². The highest BCUT2D eigenvalue weighted by Crippen LogP contribution is 2.42. The Balaban J connectivity index is 1.46. The van der Waals surface area contributed by atoms with E-state index in [1.54, 1.807) is 0 Å². The normalized spacial score (nSPS) is 16.4. The number of imidazole rings is 1. The molecule has 4 nitrogen and oxygen atoms in total. The van der Waals surface area contributed by atoms with Crippen LogP contribution >= 0.6 is 0 Å². The summed E-state index contributed by atoms with van der Waals surface area (Å²) in [5.74, 6) is 2.61. The van der Waals surface area contributed by atoms with E-state index in [2.05, 4.69) is 54.0 Å². The molecule has 0 radical (unpaired) electrons. The number of benzene rings is 3. The molecule has 6 rings (SSSR count). The topological polar surface area (TPSA) is 50.8 Å². The number of allylic oxidation sites excluding steroid dienone is 1. The molecule has 0 bridgehead atoms. The Labute approximate surface area is 193 Å². The predicted octanol–water partition coefficient (Wildman–Crippen LogP) is 6.51. The van der Waals surface area contributed by atoms with Gasteiger partial charge in [0.25, 0.3) is 0 Å². The number of nitriles is 1. The van der Waals surface area contributed by atoms with Gasteiger partial charge in [-0.2, -0.15) is 5.26 Å². The van der Waals surface area contributed by atoms with Crippen LogP contribution in [0.5, 0.6) is 5.75 Å². The molecule has 1 saturated carbocycles. The average molecular weight is 432 g/mol. The molecule has 0 N–H and O–H groups in total. The summed E-state index contributed by atoms with van der Waals surface area (Å²) in [6, 6.07) is 23.4. The molecule has 1 aromatic heterocycles. The first kappa shape index (κ1) is 19.8. The lowest BCUT2D eigenvalue weighted by molar-refractivity contribution is 0.307. The van der Waals surface area contributed by atoms with Crippen molar-refractivity contribution in [2.24, 2.45) is 0 Å². The predicted molar refractivity (Wildman–Crippen MR) is 130 cm³/mol. The van der Waals surface area contributed by atoms with Gasteiger partial charge in [-0.3, -0.25) is 0 Å². The molecule has 1 aliphatic carbocycles. The van der Waals surface area contributed by atoms with Gasteiger partial charge in [0.2, 0.25) is 0 Å². The number of para-hydroxylation sites is 2. The third-order valence-corrected chi connectivity index (χ3v) is 6.81. The summed E-state index contributed by atoms with van der Waals surface area (Å²) in [5, 5.41) is 9.71. The standard InChI is InChI=1S/C29H25N3O/c1-18-6-5-8-25-28(18)31-29(21-11-12-21)32(25)16-20-10-13-23-22(14-20)17-33-26-9-4-3-7-24(26)27(23)19(2)15-30/h3-10,13-14,21H,11-12,16-17H2,1-2H3/b27-19-. The zero-order valence-electron chi connectivity index (χ0n) is 18.9. The monoisotopic (exact) mass is 431 g/mol. The highest BCUT2D eigenvalue weighted by molar-refractivity contribution is 5.88. The van der Waals surface area contributed by atoms with E-state index >= 15 is 0 Å². The summed E-state index contributed by atoms with van der Waals surface area (Å²) in [7, 11) is 0. The minimum absolute atomic E-state index is 0.488. The molecule has 2 heterocycles. The van der Waals surface area contributed by atoms with Crippen LogP contribution in [0.15, 0.2) is 66.2 Å². The average Bonchev–Trinajstić information content (AvgIpc) is 3.63. The molecule has 1 fully saturated rings. The van der Waals surface area contributed by atoms with Crippen molar-refractivity contribution >= 4 is 16.6 Å². The van der Waals surface area contributed by atoms with Crippen molar-refractivity contribution in [3.63, 3.8) is 0 Å². The number of fused-ring (bicyclic) bond motifs is 3. The second-order valence-electron chi connectivity index (χ2n) is 9.16. The summed E-state index contributed by atoms with van der Waals surface area (Å²) < 4.78 is 8.58. The molecule has 0 unspecified atom stereocenters. The van der Waals surface area contributed by atoms with Gasteiger partial charge in [-0.1, -0.05) is 42.5 Å². The fourth-order valence-corrected chi connectivity index (χ4v) is 4.98. The molecule has 0 atom stereocenters. The van der Waals surface area contributed by atoms with Crippen molar-refractivity contribution in [2.75, 3.05) is 0 Å². The molecule has 3 aromatic carbocycles. The molecule has 0 saturated heterocycles. The minimum atomic E-state index is 0.488. The van der Waals surface area contributed by atoms with Gasteiger partial charge in [0, 0.05) is 29.2 Å². The highest BCUT2D eigenvalue weighted by atomic mass is 16.5. The zero-order valence-corrected chi connectivity index (χ0v) is 18.9. The van der Waals surface area contributed by atoms with E-state index in [0.29, 0.717) is 18.1 Å². The van der Waals surface area contributed by atoms with E-state index in [4.69, 9.17) is 9.72 Å². The smallest absolute Gasteiger partial charge is 0.127 e. The maximum atomic E-state index is 9.71. The number of aryl methyl sites for hydroxylation is 1. The van der Waals surface area contributed by atoms with Crippen LogP contribution in [0.3, 0.4) is 0 Å². The van der Waals surface area contributed by atoms with Crippen LogP contribution in [-0.2, 0) is 13.2 Å². The van der Waals surface area contributed by atoms with Gasteiger partial charge >= 0.3 is 0 Å². The van der Waals surface area contributed by atoms with Crippen molar-refractivity contribution in [1.29, 1.82) is 5.26 Å². The Morgan fingerprint density at radius 3 is 2.76 bits per heavy atom. The molecular weight excluding hydrogens is 406 g/mol. The quantitative estimate of drug-likeness (QED) is 0.348. The van der Waals surface area contributed by atoms with Crippen LogP contribution in [0, 0.1) is 18.3 Å². The molecule has 33 heavy (non-hydrogen) atoms. The fourth-order valence-electron chi connectivity index (χ4n) is 4.98. The summed E-state index contributed by atoms with van der Waals surface area (Å²) in [4.78, 5) is 5.04. The van der Waals surface area contributed by atoms with Gasteiger partial charge < -0.3 is 9.30 Å². The molecule has 0 spiro atoms. The van der Waals surface area contributed by atoms with Crippen molar-refractivity contribution < 1.29 is 4.74 Å². The Morgan fingerprint density at radius 1 is 1.09 bits per heavy atom. The van der Waals surface area contributed by atoms with E-state index in [9.17, 15) is 5.26 Å². The maximum absolute atomic E-state index is 9.71. The first-order chi connectivity index (χ1) is 16.1. The van der Waals surface area contributed by atoms with Crippen LogP contribution in [0.1, 0.15) is 59.3 Å². The van der Waals surface area contributed by atoms with Crippen molar-refractivity contribution in [2.45, 2.75) is 45.8 Å². The maximum Gasteiger partial charge on any atom is 0.127 e. The number of hydrogen-bond donors (Lipinski definition) is 0. The van der Waals surface area contributed by atoms with Gasteiger partial charge in [0.1, 0.15) is 18.2 Å². The van der Waals surface area contributed by atoms with Crippen LogP contribution in [0.25, 0.3) is 16.6 Å². The molecule has 4 aromatic rings. The molecular formula is C29H25N3O. The summed E-state index contributed by atoms with van der Waals surface area (Å²) >= 11 is 0. The van der Waals surface area contributed by atoms with Gasteiger partial charge in [-0.25, -0.2) is 4.98 Å². The first-order valence-corrected chi connectivity index (χ1v) is 11.5. The molecule has 1 aliphatic heterocycles. The van der Waals surface area contributed by atoms with Crippen molar-refractivity contribution in [1.82, 2.24) is 9.55 Å². The summed E-state index contributed by atoms with van der Waals surface area (Å²) in [6.45, 7) is 5.29. The number of ether oxygens (including phenoxy) is 1. The Bertz CT molecular complexity index is 1480. The SMILES string of the molecule is C/C(C#N)=C1\c2ccc(Cn3c(C4CC4)nc4c(C)cccc43)cc2COc2ccccc21. The van der Waals surface area contributed by atoms with Gasteiger partial charge in [-0.15, -0.1) is 0 Å². The molecule has 0 amide bonds. The van der Waals surface area contributed by atoms with E-state index in [-0.39, 0.29) is 0 Å². The second-order valence-corrected chi connectivity index (χ2v) is 9.16. The van der Waals surface area contributed by atoms with Crippen LogP contribution in [0.2, 0.25) is 0 Å². The Hall–Kier alpha value is -3.84. The Kier molecular flexibility index (Phi) is 4.58. The lowest BCUT2D eigenvalue weighted by atomic mass is 9.90. The Morgan fingerprint density at radius 2 is 1.94 bits per heavy atom. The molecule has 162 valence electrons. The third-order valence-electron chi connectivity index (χ3n) is 6.81. The van der Waals surface area contributed by atoms with Crippen molar-refractivity contribution in [3.8, 4) is 11.8 Å². The summed E-state index contributed by atoms with van der Waals surface area (Å²) in [6.07, 6.45) is 2.44. The largest absolute Gasteiger partial charge is 0.488 e. The number of nitrogens with zero attached hydrogens (tertiary/aromatic N) is 3. The van der Waals surface area contributed by atoms with Gasteiger partial charge in [0.05, 0.1) is 17.1 Å². The zero-order chi connectivity index (χ0) is 22.5. The van der Waals surface area contributed by atoms with Crippen LogP contribution in [-0.4, -0.2) is 9.55 Å². The number of hydrogen-bond acceptors (Lipinski definition) is 3. The molecule has 4 heteroatoms. The summed E-state index contributed by atoms with van der Waals surface area (Å²) in [5.41, 5.74) is 9.61. The van der Waals surface area contributed by atoms with E-state index in [0.717, 1.165) is 40.1 Å². The second kappa shape index (κ2) is 7.64. The molecule has 2 aliphatic rings. The van der Waals surface area contributed by atoms with Gasteiger partial charge in [-0.05, 0) is 67.1 Å². The lowest BCUT2D eigenvalue weighted by Gasteiger charge is -2.14. The van der Waals surface area contributed by atoms with Crippen LogP contribution < -0.4 is 4.74 Å². The highest BCUT2D eigenvalue weighted by Gasteiger charge is 2.30. The van der Waals surface area contributed by atoms with E-state index < -0.39 is 0 Å². The third kappa shape index (κ3) is 3.32. The number of rotatable bonds is 3. The first-order valence-electron chi connectivity index (χ1n) is 11.5. The minimum Gasteiger partial charge on any atom is -0.488 e. The number of aromatic nitrogens is 2. The van der Waals surface area contributed by atoms with Crippen molar-refractivity contribution in [3.05, 3.63) is 99.9 Å². The van der Waals surface area contributed by atoms with E-state index in [1.807, 2.05) is 31.2 Å².